The molecule has 0 amide bonds. The Bertz CT molecular complexity index is 510. The third-order valence-electron chi connectivity index (χ3n) is 1.96. The second-order valence-corrected chi connectivity index (χ2v) is 2.98. The zero-order valence-corrected chi connectivity index (χ0v) is 7.27. The highest BCUT2D eigenvalue weighted by Gasteiger charge is 2.04. The molecule has 0 fully saturated rings. The van der Waals surface area contributed by atoms with Gasteiger partial charge in [-0.2, -0.15) is 0 Å². The number of aromatic carboxylic acids is 1. The molecule has 0 spiro atoms. The van der Waals surface area contributed by atoms with E-state index in [0.717, 1.165) is 10.8 Å². The Morgan fingerprint density at radius 1 is 1.29 bits per heavy atom. The molecular weight excluding hydrogens is 177 g/mol. The van der Waals surface area contributed by atoms with Gasteiger partial charge in [-0.15, -0.1) is 0 Å². The van der Waals surface area contributed by atoms with Gasteiger partial charge in [0.05, 0.1) is 0 Å². The molecule has 3 nitrogen and oxygen atoms in total. The first-order valence-electron chi connectivity index (χ1n) is 4.05. The van der Waals surface area contributed by atoms with Crippen molar-refractivity contribution in [1.82, 2.24) is 4.98 Å². The average Bonchev–Trinajstić information content (AvgIpc) is 2.16. The summed E-state index contributed by atoms with van der Waals surface area (Å²) in [6, 6.07) is 6.80. The van der Waals surface area contributed by atoms with Gasteiger partial charge in [0.1, 0.15) is 13.5 Å². The molecular formula is C10H6BNO2. The van der Waals surface area contributed by atoms with E-state index in [0.29, 0.717) is 5.46 Å². The monoisotopic (exact) mass is 183 g/mol. The molecule has 0 aliphatic carbocycles. The van der Waals surface area contributed by atoms with Gasteiger partial charge in [0.2, 0.25) is 0 Å². The van der Waals surface area contributed by atoms with Gasteiger partial charge < -0.3 is 5.11 Å². The van der Waals surface area contributed by atoms with E-state index in [-0.39, 0.29) is 5.69 Å². The Hall–Kier alpha value is -1.84. The van der Waals surface area contributed by atoms with Crippen LogP contribution in [0, 0.1) is 0 Å². The highest BCUT2D eigenvalue weighted by molar-refractivity contribution is 6.33. The first kappa shape index (κ1) is 8.75. The van der Waals surface area contributed by atoms with Gasteiger partial charge in [-0.05, 0) is 11.5 Å². The van der Waals surface area contributed by atoms with Crippen molar-refractivity contribution in [3.8, 4) is 0 Å². The SMILES string of the molecule is [B]c1ccc2cnc(C(=O)O)cc2c1. The molecule has 0 aliphatic heterocycles. The maximum absolute atomic E-state index is 10.6. The molecule has 0 bridgehead atoms. The highest BCUT2D eigenvalue weighted by atomic mass is 16.4. The number of fused-ring (bicyclic) bond motifs is 1. The van der Waals surface area contributed by atoms with Crippen LogP contribution in [0.25, 0.3) is 10.8 Å². The average molecular weight is 183 g/mol. The molecule has 66 valence electrons. The molecule has 2 rings (SSSR count). The largest absolute Gasteiger partial charge is 0.477 e. The second-order valence-electron chi connectivity index (χ2n) is 2.98. The number of aromatic nitrogens is 1. The van der Waals surface area contributed by atoms with Crippen LogP contribution < -0.4 is 5.46 Å². The van der Waals surface area contributed by atoms with E-state index in [1.165, 1.54) is 12.3 Å². The van der Waals surface area contributed by atoms with Crippen molar-refractivity contribution in [2.45, 2.75) is 0 Å². The molecule has 0 saturated heterocycles. The standard InChI is InChI=1S/C10H6BNO2/c11-8-2-1-6-5-12-9(10(13)14)4-7(6)3-8/h1-5H,(H,13,14). The number of carbonyl (C=O) groups is 1. The molecule has 0 aliphatic rings. The maximum atomic E-state index is 10.6. The number of rotatable bonds is 1. The van der Waals surface area contributed by atoms with Crippen molar-refractivity contribution < 1.29 is 9.90 Å². The normalized spacial score (nSPS) is 10.3. The van der Waals surface area contributed by atoms with Crippen molar-refractivity contribution in [3.63, 3.8) is 0 Å². The van der Waals surface area contributed by atoms with E-state index in [2.05, 4.69) is 4.98 Å². The van der Waals surface area contributed by atoms with E-state index >= 15 is 0 Å². The number of nitrogens with zero attached hydrogens (tertiary/aromatic N) is 1. The van der Waals surface area contributed by atoms with Crippen LogP contribution in [-0.2, 0) is 0 Å². The Labute approximate surface area is 81.8 Å². The van der Waals surface area contributed by atoms with Crippen LogP contribution in [0.1, 0.15) is 10.5 Å². The summed E-state index contributed by atoms with van der Waals surface area (Å²) >= 11 is 0. The summed E-state index contributed by atoms with van der Waals surface area (Å²) < 4.78 is 0. The van der Waals surface area contributed by atoms with Gasteiger partial charge in [0, 0.05) is 11.6 Å². The number of pyridine rings is 1. The molecule has 0 unspecified atom stereocenters. The fourth-order valence-electron chi connectivity index (χ4n) is 1.28. The molecule has 0 atom stereocenters. The highest BCUT2D eigenvalue weighted by Crippen LogP contribution is 2.11. The summed E-state index contributed by atoms with van der Waals surface area (Å²) in [6.45, 7) is 0. The Kier molecular flexibility index (Phi) is 1.96. The van der Waals surface area contributed by atoms with Gasteiger partial charge in [-0.1, -0.05) is 23.7 Å². The Balaban J connectivity index is 2.69. The minimum Gasteiger partial charge on any atom is -0.477 e. The second kappa shape index (κ2) is 3.14. The summed E-state index contributed by atoms with van der Waals surface area (Å²) in [5.41, 5.74) is 0.642. The summed E-state index contributed by atoms with van der Waals surface area (Å²) in [4.78, 5) is 14.4. The van der Waals surface area contributed by atoms with E-state index in [9.17, 15) is 4.79 Å². The van der Waals surface area contributed by atoms with Crippen molar-refractivity contribution in [3.05, 3.63) is 36.2 Å². The number of benzene rings is 1. The van der Waals surface area contributed by atoms with Crippen molar-refractivity contribution >= 4 is 30.1 Å². The van der Waals surface area contributed by atoms with Gasteiger partial charge in [0.25, 0.3) is 0 Å². The van der Waals surface area contributed by atoms with Crippen LogP contribution in [-0.4, -0.2) is 23.9 Å². The topological polar surface area (TPSA) is 50.2 Å². The number of hydrogen-bond donors (Lipinski definition) is 1. The third-order valence-corrected chi connectivity index (χ3v) is 1.96. The lowest BCUT2D eigenvalue weighted by molar-refractivity contribution is 0.0691. The Morgan fingerprint density at radius 3 is 2.79 bits per heavy atom. The minimum absolute atomic E-state index is 0.0306. The van der Waals surface area contributed by atoms with Gasteiger partial charge in [-0.25, -0.2) is 9.78 Å². The summed E-state index contributed by atoms with van der Waals surface area (Å²) in [5, 5.41) is 10.4. The lowest BCUT2D eigenvalue weighted by Crippen LogP contribution is -2.03. The molecule has 1 aromatic carbocycles. The third kappa shape index (κ3) is 1.46. The number of carboxylic acids is 1. The van der Waals surface area contributed by atoms with Gasteiger partial charge >= 0.3 is 5.97 Å². The Morgan fingerprint density at radius 2 is 2.07 bits per heavy atom. The zero-order valence-electron chi connectivity index (χ0n) is 7.27. The van der Waals surface area contributed by atoms with Crippen molar-refractivity contribution in [2.24, 2.45) is 0 Å². The molecule has 14 heavy (non-hydrogen) atoms. The van der Waals surface area contributed by atoms with E-state index in [1.807, 2.05) is 6.07 Å². The predicted octanol–water partition coefficient (Wildman–Crippen LogP) is 0.727. The molecule has 1 N–H and O–H groups in total. The molecule has 2 aromatic rings. The first-order chi connectivity index (χ1) is 6.66. The molecule has 0 saturated carbocycles. The van der Waals surface area contributed by atoms with Crippen LogP contribution >= 0.6 is 0 Å². The first-order valence-corrected chi connectivity index (χ1v) is 4.05. The predicted molar refractivity (Wildman–Crippen MR) is 54.1 cm³/mol. The quantitative estimate of drug-likeness (QED) is 0.662. The minimum atomic E-state index is -1.03. The van der Waals surface area contributed by atoms with Crippen LogP contribution in [0.4, 0.5) is 0 Å². The molecule has 2 radical (unpaired) electrons. The number of carboxylic acid groups (broad SMARTS) is 1. The smallest absolute Gasteiger partial charge is 0.354 e. The fraction of sp³-hybridized carbons (Fsp3) is 0. The van der Waals surface area contributed by atoms with E-state index < -0.39 is 5.97 Å². The van der Waals surface area contributed by atoms with E-state index in [4.69, 9.17) is 13.0 Å². The van der Waals surface area contributed by atoms with Gasteiger partial charge in [0.15, 0.2) is 0 Å². The van der Waals surface area contributed by atoms with E-state index in [1.54, 1.807) is 12.1 Å². The summed E-state index contributed by atoms with van der Waals surface area (Å²) in [5.74, 6) is -1.03. The van der Waals surface area contributed by atoms with Crippen LogP contribution in [0.2, 0.25) is 0 Å². The molecule has 4 heteroatoms. The zero-order chi connectivity index (χ0) is 10.1. The molecule has 1 aromatic heterocycles. The fourth-order valence-corrected chi connectivity index (χ4v) is 1.28. The van der Waals surface area contributed by atoms with Crippen LogP contribution in [0.15, 0.2) is 30.5 Å². The van der Waals surface area contributed by atoms with Gasteiger partial charge in [-0.3, -0.25) is 0 Å². The van der Waals surface area contributed by atoms with Crippen molar-refractivity contribution in [1.29, 1.82) is 0 Å². The lowest BCUT2D eigenvalue weighted by Gasteiger charge is -2.00. The molecule has 1 heterocycles. The maximum Gasteiger partial charge on any atom is 0.354 e. The summed E-state index contributed by atoms with van der Waals surface area (Å²) in [7, 11) is 5.58. The summed E-state index contributed by atoms with van der Waals surface area (Å²) in [6.07, 6.45) is 1.53. The van der Waals surface area contributed by atoms with Crippen LogP contribution in [0.3, 0.4) is 0 Å². The number of hydrogen-bond acceptors (Lipinski definition) is 2. The van der Waals surface area contributed by atoms with Crippen molar-refractivity contribution in [2.75, 3.05) is 0 Å². The van der Waals surface area contributed by atoms with Crippen LogP contribution in [0.5, 0.6) is 0 Å². The lowest BCUT2D eigenvalue weighted by atomic mass is 9.94.